The first-order chi connectivity index (χ1) is 7.79. The molecule has 17 heavy (non-hydrogen) atoms. The van der Waals surface area contributed by atoms with Crippen LogP contribution in [0.15, 0.2) is 0 Å². The Kier molecular flexibility index (Phi) is 2.92. The third kappa shape index (κ3) is 2.61. The predicted octanol–water partition coefficient (Wildman–Crippen LogP) is 2.12. The van der Waals surface area contributed by atoms with E-state index in [4.69, 9.17) is 4.74 Å². The highest BCUT2D eigenvalue weighted by Gasteiger charge is 2.57. The number of carbonyl (C=O) groups excluding carboxylic acids is 2. The molecular weight excluding hydrogens is 218 g/mol. The lowest BCUT2D eigenvalue weighted by Crippen LogP contribution is -2.42. The third-order valence-corrected chi connectivity index (χ3v) is 3.69. The summed E-state index contributed by atoms with van der Waals surface area (Å²) in [4.78, 5) is 23.2. The second-order valence-electron chi connectivity index (χ2n) is 6.22. The number of ether oxygens (including phenoxy) is 1. The Morgan fingerprint density at radius 1 is 1.41 bits per heavy atom. The third-order valence-electron chi connectivity index (χ3n) is 3.69. The Hall–Kier alpha value is -1.06. The lowest BCUT2D eigenvalue weighted by molar-refractivity contribution is -0.122. The summed E-state index contributed by atoms with van der Waals surface area (Å²) in [6.45, 7) is 7.63. The van der Waals surface area contributed by atoms with Crippen molar-refractivity contribution >= 4 is 11.9 Å². The fraction of sp³-hybridized carbons (Fsp3) is 0.846. The molecule has 0 aromatic rings. The van der Waals surface area contributed by atoms with Gasteiger partial charge in [-0.25, -0.2) is 4.79 Å². The van der Waals surface area contributed by atoms with Crippen molar-refractivity contribution in [3.63, 3.8) is 0 Å². The quantitative estimate of drug-likeness (QED) is 0.762. The average molecular weight is 239 g/mol. The van der Waals surface area contributed by atoms with E-state index in [1.165, 1.54) is 0 Å². The van der Waals surface area contributed by atoms with E-state index >= 15 is 0 Å². The molecule has 0 saturated heterocycles. The minimum Gasteiger partial charge on any atom is -0.444 e. The van der Waals surface area contributed by atoms with E-state index in [1.807, 2.05) is 20.8 Å². The molecule has 0 aromatic heterocycles. The van der Waals surface area contributed by atoms with Crippen LogP contribution in [0.3, 0.4) is 0 Å². The summed E-state index contributed by atoms with van der Waals surface area (Å²) in [6, 6.07) is 0.113. The van der Waals surface area contributed by atoms with Crippen LogP contribution in [-0.4, -0.2) is 23.5 Å². The molecular formula is C13H21NO3. The van der Waals surface area contributed by atoms with Crippen LogP contribution < -0.4 is 5.32 Å². The van der Waals surface area contributed by atoms with E-state index in [-0.39, 0.29) is 18.1 Å². The second-order valence-corrected chi connectivity index (χ2v) is 6.22. The molecule has 0 bridgehead atoms. The Labute approximate surface area is 102 Å². The number of ketones is 1. The maximum Gasteiger partial charge on any atom is 0.407 e. The van der Waals surface area contributed by atoms with Crippen molar-refractivity contribution in [2.75, 3.05) is 0 Å². The minimum atomic E-state index is -0.469. The molecule has 4 atom stereocenters. The van der Waals surface area contributed by atoms with E-state index in [2.05, 4.69) is 12.2 Å². The first-order valence-corrected chi connectivity index (χ1v) is 6.32. The molecule has 0 aliphatic heterocycles. The van der Waals surface area contributed by atoms with Crippen molar-refractivity contribution in [1.29, 1.82) is 0 Å². The number of Topliss-reactive ketones (excluding diaryl/α,β-unsaturated/α-hetero) is 1. The predicted molar refractivity (Wildman–Crippen MR) is 63.5 cm³/mol. The molecule has 2 fully saturated rings. The summed E-state index contributed by atoms with van der Waals surface area (Å²) in [5, 5.41) is 2.90. The van der Waals surface area contributed by atoms with E-state index in [9.17, 15) is 9.59 Å². The van der Waals surface area contributed by atoms with Crippen molar-refractivity contribution in [3.05, 3.63) is 0 Å². The second kappa shape index (κ2) is 4.00. The normalized spacial score (nSPS) is 36.1. The molecule has 4 nitrogen and oxygen atoms in total. The monoisotopic (exact) mass is 239 g/mol. The van der Waals surface area contributed by atoms with Crippen LogP contribution in [-0.2, 0) is 9.53 Å². The fourth-order valence-corrected chi connectivity index (χ4v) is 2.90. The van der Waals surface area contributed by atoms with Crippen LogP contribution in [0, 0.1) is 17.8 Å². The van der Waals surface area contributed by atoms with Gasteiger partial charge in [-0.1, -0.05) is 6.92 Å². The lowest BCUT2D eigenvalue weighted by atomic mass is 9.94. The number of hydrogen-bond donors (Lipinski definition) is 1. The molecule has 2 aliphatic carbocycles. The maximum absolute atomic E-state index is 11.7. The summed E-state index contributed by atoms with van der Waals surface area (Å²) in [5.74, 6) is 1.31. The average Bonchev–Trinajstić information content (AvgIpc) is 2.81. The molecule has 2 saturated carbocycles. The molecule has 0 heterocycles. The van der Waals surface area contributed by atoms with Crippen LogP contribution in [0.2, 0.25) is 0 Å². The number of carbonyl (C=O) groups is 2. The van der Waals surface area contributed by atoms with E-state index in [1.54, 1.807) is 0 Å². The SMILES string of the molecule is C[C@@H]1[C@@H]2C(=O)CC[C@@H](NC(=O)OC(C)(C)C)[C@H]12. The summed E-state index contributed by atoms with van der Waals surface area (Å²) in [5.41, 5.74) is -0.469. The van der Waals surface area contributed by atoms with E-state index in [0.717, 1.165) is 6.42 Å². The molecule has 0 unspecified atom stereocenters. The minimum absolute atomic E-state index is 0.113. The number of fused-ring (bicyclic) bond motifs is 1. The highest BCUT2D eigenvalue weighted by atomic mass is 16.6. The molecule has 0 radical (unpaired) electrons. The van der Waals surface area contributed by atoms with Crippen molar-refractivity contribution in [1.82, 2.24) is 5.32 Å². The van der Waals surface area contributed by atoms with Gasteiger partial charge in [0.15, 0.2) is 0 Å². The maximum atomic E-state index is 11.7. The van der Waals surface area contributed by atoms with Gasteiger partial charge in [0.2, 0.25) is 0 Å². The van der Waals surface area contributed by atoms with Crippen molar-refractivity contribution in [2.24, 2.45) is 17.8 Å². The molecule has 96 valence electrons. The van der Waals surface area contributed by atoms with Gasteiger partial charge < -0.3 is 10.1 Å². The molecule has 2 aliphatic rings. The highest BCUT2D eigenvalue weighted by molar-refractivity contribution is 5.86. The summed E-state index contributed by atoms with van der Waals surface area (Å²) < 4.78 is 5.23. The van der Waals surface area contributed by atoms with Crippen LogP contribution in [0.4, 0.5) is 4.79 Å². The van der Waals surface area contributed by atoms with Gasteiger partial charge in [-0.2, -0.15) is 0 Å². The van der Waals surface area contributed by atoms with Crippen molar-refractivity contribution in [2.45, 2.75) is 52.2 Å². The van der Waals surface area contributed by atoms with Gasteiger partial charge in [0.05, 0.1) is 0 Å². The molecule has 1 amide bonds. The van der Waals surface area contributed by atoms with Crippen LogP contribution in [0.1, 0.15) is 40.5 Å². The topological polar surface area (TPSA) is 55.4 Å². The first-order valence-electron chi connectivity index (χ1n) is 6.32. The van der Waals surface area contributed by atoms with Crippen molar-refractivity contribution in [3.8, 4) is 0 Å². The van der Waals surface area contributed by atoms with Gasteiger partial charge >= 0.3 is 6.09 Å². The van der Waals surface area contributed by atoms with Gasteiger partial charge in [-0.3, -0.25) is 4.79 Å². The van der Waals surface area contributed by atoms with E-state index in [0.29, 0.717) is 24.0 Å². The number of alkyl carbamates (subject to hydrolysis) is 1. The highest BCUT2D eigenvalue weighted by Crippen LogP contribution is 2.53. The molecule has 4 heteroatoms. The summed E-state index contributed by atoms with van der Waals surface area (Å²) in [6.07, 6.45) is 0.977. The zero-order chi connectivity index (χ0) is 12.8. The van der Waals surface area contributed by atoms with Gasteiger partial charge in [0.25, 0.3) is 0 Å². The molecule has 0 spiro atoms. The Morgan fingerprint density at radius 3 is 2.65 bits per heavy atom. The van der Waals surface area contributed by atoms with Gasteiger partial charge in [0, 0.05) is 18.4 Å². The summed E-state index contributed by atoms with van der Waals surface area (Å²) >= 11 is 0. The zero-order valence-electron chi connectivity index (χ0n) is 10.9. The largest absolute Gasteiger partial charge is 0.444 e. The van der Waals surface area contributed by atoms with Crippen LogP contribution in [0.25, 0.3) is 0 Å². The van der Waals surface area contributed by atoms with Gasteiger partial charge in [-0.05, 0) is 39.0 Å². The molecule has 1 N–H and O–H groups in total. The number of hydrogen-bond acceptors (Lipinski definition) is 3. The standard InChI is InChI=1S/C13H21NO3/c1-7-10-8(5-6-9(15)11(7)10)14-12(16)17-13(2,3)4/h7-8,10-11H,5-6H2,1-4H3,(H,14,16)/t7-,8+,10-,11+/m0/s1. The van der Waals surface area contributed by atoms with E-state index < -0.39 is 5.60 Å². The molecule has 2 rings (SSSR count). The number of nitrogens with one attached hydrogen (secondary N) is 1. The van der Waals surface area contributed by atoms with Gasteiger partial charge in [0.1, 0.15) is 11.4 Å². The van der Waals surface area contributed by atoms with Crippen LogP contribution in [0.5, 0.6) is 0 Å². The van der Waals surface area contributed by atoms with Crippen molar-refractivity contribution < 1.29 is 14.3 Å². The Bertz CT molecular complexity index is 345. The zero-order valence-corrected chi connectivity index (χ0v) is 10.9. The smallest absolute Gasteiger partial charge is 0.407 e. The fourth-order valence-electron chi connectivity index (χ4n) is 2.90. The number of amides is 1. The van der Waals surface area contributed by atoms with Gasteiger partial charge in [-0.15, -0.1) is 0 Å². The summed E-state index contributed by atoms with van der Waals surface area (Å²) in [7, 11) is 0. The Morgan fingerprint density at radius 2 is 2.06 bits per heavy atom. The lowest BCUT2D eigenvalue weighted by Gasteiger charge is -2.25. The number of rotatable bonds is 1. The molecule has 0 aromatic carbocycles. The van der Waals surface area contributed by atoms with Crippen LogP contribution >= 0.6 is 0 Å². The first kappa shape index (κ1) is 12.4. The Balaban J connectivity index is 1.88.